The van der Waals surface area contributed by atoms with Gasteiger partial charge in [0, 0.05) is 23.7 Å². The Morgan fingerprint density at radius 3 is 2.67 bits per heavy atom. The molecule has 0 saturated heterocycles. The molecular weight excluding hydrogens is 182 g/mol. The zero-order valence-electron chi connectivity index (χ0n) is 6.53. The fraction of sp³-hybridized carbons (Fsp3) is 0.857. The summed E-state index contributed by atoms with van der Waals surface area (Å²) < 4.78 is 0. The highest BCUT2D eigenvalue weighted by atomic mass is 35.5. The molecule has 0 bridgehead atoms. The predicted octanol–water partition coefficient (Wildman–Crippen LogP) is 1.59. The van der Waals surface area contributed by atoms with Gasteiger partial charge >= 0.3 is 0 Å². The number of carbonyl (C=O) groups is 1. The highest BCUT2D eigenvalue weighted by Crippen LogP contribution is 2.27. The summed E-state index contributed by atoms with van der Waals surface area (Å²) >= 11 is 5.27. The van der Waals surface area contributed by atoms with E-state index in [1.54, 1.807) is 0 Å². The van der Waals surface area contributed by atoms with Crippen LogP contribution in [0.4, 0.5) is 0 Å². The van der Waals surface area contributed by atoms with E-state index in [2.05, 4.69) is 0 Å². The highest BCUT2D eigenvalue weighted by Gasteiger charge is 2.32. The number of nitro groups is 1. The van der Waals surface area contributed by atoms with Crippen molar-refractivity contribution in [1.82, 2.24) is 0 Å². The van der Waals surface area contributed by atoms with E-state index in [1.807, 2.05) is 0 Å². The van der Waals surface area contributed by atoms with Crippen molar-refractivity contribution in [2.24, 2.45) is 5.92 Å². The Labute approximate surface area is 75.0 Å². The lowest BCUT2D eigenvalue weighted by atomic mass is 9.87. The van der Waals surface area contributed by atoms with Gasteiger partial charge in [-0.3, -0.25) is 14.9 Å². The zero-order valence-corrected chi connectivity index (χ0v) is 7.29. The molecule has 1 fully saturated rings. The lowest BCUT2D eigenvalue weighted by molar-refractivity contribution is -0.527. The Hall–Kier alpha value is -0.640. The molecule has 1 aliphatic rings. The molecule has 0 aliphatic heterocycles. The summed E-state index contributed by atoms with van der Waals surface area (Å²) in [5.74, 6) is -0.296. The zero-order chi connectivity index (χ0) is 9.14. The molecule has 0 spiro atoms. The number of halogens is 1. The standard InChI is InChI=1S/C7H10ClNO3/c8-7(10)5-2-1-3-6(4-5)9(11)12/h5-6H,1-4H2. The van der Waals surface area contributed by atoms with E-state index < -0.39 is 11.3 Å². The first kappa shape index (κ1) is 9.45. The van der Waals surface area contributed by atoms with Gasteiger partial charge in [0.2, 0.25) is 11.3 Å². The van der Waals surface area contributed by atoms with Crippen molar-refractivity contribution >= 4 is 16.8 Å². The first-order chi connectivity index (χ1) is 5.61. The number of carbonyl (C=O) groups excluding carboxylic acids is 1. The summed E-state index contributed by atoms with van der Waals surface area (Å²) in [5.41, 5.74) is 0. The van der Waals surface area contributed by atoms with Crippen LogP contribution in [0.5, 0.6) is 0 Å². The van der Waals surface area contributed by atoms with Crippen LogP contribution in [0.3, 0.4) is 0 Å². The Bertz CT molecular complexity index is 187. The molecule has 5 heteroatoms. The van der Waals surface area contributed by atoms with Crippen molar-refractivity contribution < 1.29 is 9.72 Å². The van der Waals surface area contributed by atoms with Crippen molar-refractivity contribution in [2.75, 3.05) is 0 Å². The number of hydrogen-bond acceptors (Lipinski definition) is 3. The van der Waals surface area contributed by atoms with Gasteiger partial charge in [-0.2, -0.15) is 0 Å². The smallest absolute Gasteiger partial charge is 0.224 e. The molecule has 0 heterocycles. The van der Waals surface area contributed by atoms with Gasteiger partial charge < -0.3 is 0 Å². The van der Waals surface area contributed by atoms with Gasteiger partial charge in [0.1, 0.15) is 0 Å². The van der Waals surface area contributed by atoms with E-state index in [0.717, 1.165) is 6.42 Å². The molecule has 0 radical (unpaired) electrons. The van der Waals surface area contributed by atoms with Gasteiger partial charge in [0.25, 0.3) is 0 Å². The second-order valence-electron chi connectivity index (χ2n) is 3.11. The topological polar surface area (TPSA) is 60.2 Å². The van der Waals surface area contributed by atoms with E-state index in [9.17, 15) is 14.9 Å². The maximum Gasteiger partial charge on any atom is 0.224 e. The van der Waals surface area contributed by atoms with Gasteiger partial charge in [0.05, 0.1) is 0 Å². The molecule has 4 nitrogen and oxygen atoms in total. The lowest BCUT2D eigenvalue weighted by Crippen LogP contribution is -2.29. The predicted molar refractivity (Wildman–Crippen MR) is 43.6 cm³/mol. The van der Waals surface area contributed by atoms with E-state index in [1.165, 1.54) is 0 Å². The maximum atomic E-state index is 10.7. The minimum atomic E-state index is -0.563. The molecule has 12 heavy (non-hydrogen) atoms. The molecule has 0 aromatic rings. The maximum absolute atomic E-state index is 10.7. The summed E-state index contributed by atoms with van der Waals surface area (Å²) in [5, 5.41) is 9.94. The van der Waals surface area contributed by atoms with E-state index >= 15 is 0 Å². The van der Waals surface area contributed by atoms with Crippen LogP contribution >= 0.6 is 11.6 Å². The normalized spacial score (nSPS) is 29.8. The van der Waals surface area contributed by atoms with Crippen LogP contribution in [-0.4, -0.2) is 16.2 Å². The molecule has 2 unspecified atom stereocenters. The summed E-state index contributed by atoms with van der Waals surface area (Å²) in [6.45, 7) is 0. The molecule has 2 atom stereocenters. The van der Waals surface area contributed by atoms with Gasteiger partial charge in [-0.05, 0) is 24.4 Å². The van der Waals surface area contributed by atoms with Gasteiger partial charge in [-0.15, -0.1) is 0 Å². The first-order valence-electron chi connectivity index (χ1n) is 3.94. The highest BCUT2D eigenvalue weighted by molar-refractivity contribution is 6.63. The third-order valence-corrected chi connectivity index (χ3v) is 2.57. The molecule has 0 aromatic heterocycles. The number of hydrogen-bond donors (Lipinski definition) is 0. The Morgan fingerprint density at radius 1 is 1.50 bits per heavy atom. The van der Waals surface area contributed by atoms with Crippen LogP contribution in [0.15, 0.2) is 0 Å². The fourth-order valence-corrected chi connectivity index (χ4v) is 1.76. The average Bonchev–Trinajstić information content (AvgIpc) is 2.04. The molecule has 0 N–H and O–H groups in total. The van der Waals surface area contributed by atoms with Gasteiger partial charge in [-0.1, -0.05) is 0 Å². The van der Waals surface area contributed by atoms with Crippen LogP contribution in [0, 0.1) is 16.0 Å². The monoisotopic (exact) mass is 191 g/mol. The van der Waals surface area contributed by atoms with E-state index in [-0.39, 0.29) is 10.8 Å². The SMILES string of the molecule is O=C(Cl)C1CCCC([N+](=O)[O-])C1. The van der Waals surface area contributed by atoms with Crippen LogP contribution in [0.1, 0.15) is 25.7 Å². The summed E-state index contributed by atoms with van der Waals surface area (Å²) in [6, 6.07) is -0.563. The molecule has 68 valence electrons. The van der Waals surface area contributed by atoms with Crippen molar-refractivity contribution in [3.8, 4) is 0 Å². The molecule has 0 amide bonds. The third-order valence-electron chi connectivity index (χ3n) is 2.27. The quantitative estimate of drug-likeness (QED) is 0.378. The summed E-state index contributed by atoms with van der Waals surface area (Å²) in [7, 11) is 0. The Balaban J connectivity index is 2.51. The van der Waals surface area contributed by atoms with Crippen LogP contribution in [-0.2, 0) is 4.79 Å². The van der Waals surface area contributed by atoms with Crippen molar-refractivity contribution in [3.05, 3.63) is 10.1 Å². The summed E-state index contributed by atoms with van der Waals surface area (Å²) in [6.07, 6.45) is 2.32. The Morgan fingerprint density at radius 2 is 2.17 bits per heavy atom. The van der Waals surface area contributed by atoms with Crippen molar-refractivity contribution in [3.63, 3.8) is 0 Å². The Kier molecular flexibility index (Phi) is 3.03. The largest absolute Gasteiger partial charge is 0.281 e. The van der Waals surface area contributed by atoms with E-state index in [4.69, 9.17) is 11.6 Å². The second kappa shape index (κ2) is 3.85. The molecular formula is C7H10ClNO3. The number of rotatable bonds is 2. The van der Waals surface area contributed by atoms with Crippen LogP contribution < -0.4 is 0 Å². The van der Waals surface area contributed by atoms with Crippen LogP contribution in [0.2, 0.25) is 0 Å². The van der Waals surface area contributed by atoms with Crippen LogP contribution in [0.25, 0.3) is 0 Å². The first-order valence-corrected chi connectivity index (χ1v) is 4.32. The lowest BCUT2D eigenvalue weighted by Gasteiger charge is -2.20. The van der Waals surface area contributed by atoms with Gasteiger partial charge in [-0.25, -0.2) is 0 Å². The van der Waals surface area contributed by atoms with E-state index in [0.29, 0.717) is 19.3 Å². The molecule has 1 saturated carbocycles. The average molecular weight is 192 g/mol. The fourth-order valence-electron chi connectivity index (χ4n) is 1.56. The minimum Gasteiger partial charge on any atom is -0.281 e. The second-order valence-corrected chi connectivity index (χ2v) is 3.48. The van der Waals surface area contributed by atoms with Gasteiger partial charge in [0.15, 0.2) is 0 Å². The third kappa shape index (κ3) is 2.17. The minimum absolute atomic E-state index is 0.296. The molecule has 1 aliphatic carbocycles. The van der Waals surface area contributed by atoms with Crippen molar-refractivity contribution in [1.29, 1.82) is 0 Å². The number of nitrogens with zero attached hydrogens (tertiary/aromatic N) is 1. The molecule has 1 rings (SSSR count). The summed E-state index contributed by atoms with van der Waals surface area (Å²) in [4.78, 5) is 20.8. The van der Waals surface area contributed by atoms with Crippen molar-refractivity contribution in [2.45, 2.75) is 31.7 Å². The molecule has 0 aromatic carbocycles.